The summed E-state index contributed by atoms with van der Waals surface area (Å²) in [5.74, 6) is -0.245. The van der Waals surface area contributed by atoms with Crippen molar-refractivity contribution in [2.75, 3.05) is 69.7 Å². The average molecular weight is 518 g/mol. The number of rotatable bonds is 5. The van der Waals surface area contributed by atoms with Gasteiger partial charge in [-0.2, -0.15) is 0 Å². The summed E-state index contributed by atoms with van der Waals surface area (Å²) in [7, 11) is 4.08. The molecule has 0 radical (unpaired) electrons. The van der Waals surface area contributed by atoms with Crippen LogP contribution >= 0.6 is 0 Å². The first-order valence-electron chi connectivity index (χ1n) is 13.7. The molecule has 5 rings (SSSR count). The molecular weight excluding hydrogens is 478 g/mol. The number of hydrogen-bond acceptors (Lipinski definition) is 5. The maximum absolute atomic E-state index is 13.2. The zero-order valence-electron chi connectivity index (χ0n) is 23.0. The van der Waals surface area contributed by atoms with Gasteiger partial charge >= 0.3 is 0 Å². The fraction of sp³-hybridized carbons (Fsp3) is 0.500. The predicted molar refractivity (Wildman–Crippen MR) is 150 cm³/mol. The second kappa shape index (κ2) is 10.8. The highest BCUT2D eigenvalue weighted by Crippen LogP contribution is 2.29. The maximum atomic E-state index is 13.2. The lowest BCUT2D eigenvalue weighted by Crippen LogP contribution is -2.49. The first-order chi connectivity index (χ1) is 18.2. The van der Waals surface area contributed by atoms with Crippen molar-refractivity contribution in [1.82, 2.24) is 14.7 Å². The van der Waals surface area contributed by atoms with Gasteiger partial charge in [-0.25, -0.2) is 0 Å². The molecule has 2 aromatic rings. The molecule has 1 unspecified atom stereocenters. The van der Waals surface area contributed by atoms with Crippen molar-refractivity contribution in [2.24, 2.45) is 5.92 Å². The van der Waals surface area contributed by atoms with Crippen LogP contribution in [-0.2, 0) is 9.59 Å². The minimum Gasteiger partial charge on any atom is -0.368 e. The molecule has 38 heavy (non-hydrogen) atoms. The molecular formula is C30H39N5O3. The molecule has 0 N–H and O–H groups in total. The molecule has 2 atom stereocenters. The topological polar surface area (TPSA) is 67.4 Å². The Kier molecular flexibility index (Phi) is 7.43. The molecule has 8 heteroatoms. The van der Waals surface area contributed by atoms with E-state index in [9.17, 15) is 14.4 Å². The molecule has 0 aromatic heterocycles. The van der Waals surface area contributed by atoms with Crippen molar-refractivity contribution in [3.63, 3.8) is 0 Å². The second-order valence-electron chi connectivity index (χ2n) is 11.2. The molecule has 3 fully saturated rings. The van der Waals surface area contributed by atoms with E-state index in [2.05, 4.69) is 41.8 Å². The summed E-state index contributed by atoms with van der Waals surface area (Å²) in [6.45, 7) is 9.07. The van der Waals surface area contributed by atoms with E-state index in [4.69, 9.17) is 0 Å². The standard InChI is InChI=1S/C30H39N5O3/c1-21-5-10-27(22(2)17-21)32-13-15-33(16-14-32)29(37)23-6-8-25(9-7-23)35-19-24(18-28(35)36)30(38)34-12-11-26(20-34)31(3)4/h5-10,17,24,26H,11-16,18-20H2,1-4H3/t24?,26-/m0/s1. The van der Waals surface area contributed by atoms with Crippen molar-refractivity contribution >= 4 is 29.1 Å². The fourth-order valence-electron chi connectivity index (χ4n) is 6.02. The van der Waals surface area contributed by atoms with Crippen molar-refractivity contribution in [1.29, 1.82) is 0 Å². The highest BCUT2D eigenvalue weighted by atomic mass is 16.2. The van der Waals surface area contributed by atoms with E-state index < -0.39 is 0 Å². The van der Waals surface area contributed by atoms with Gasteiger partial charge in [-0.3, -0.25) is 14.4 Å². The van der Waals surface area contributed by atoms with Gasteiger partial charge in [0.15, 0.2) is 0 Å². The molecule has 202 valence electrons. The summed E-state index contributed by atoms with van der Waals surface area (Å²) < 4.78 is 0. The van der Waals surface area contributed by atoms with Crippen LogP contribution in [0.5, 0.6) is 0 Å². The Morgan fingerprint density at radius 3 is 2.21 bits per heavy atom. The van der Waals surface area contributed by atoms with Crippen LogP contribution in [0.25, 0.3) is 0 Å². The first-order valence-corrected chi connectivity index (χ1v) is 13.7. The highest BCUT2D eigenvalue weighted by Gasteiger charge is 2.39. The Hall–Kier alpha value is -3.39. The van der Waals surface area contributed by atoms with E-state index in [1.165, 1.54) is 16.8 Å². The summed E-state index contributed by atoms with van der Waals surface area (Å²) in [5, 5.41) is 0. The van der Waals surface area contributed by atoms with Gasteiger partial charge in [-0.1, -0.05) is 17.7 Å². The van der Waals surface area contributed by atoms with E-state index >= 15 is 0 Å². The Balaban J connectivity index is 1.17. The zero-order chi connectivity index (χ0) is 27.0. The van der Waals surface area contributed by atoms with Gasteiger partial charge in [-0.05, 0) is 70.3 Å². The van der Waals surface area contributed by atoms with E-state index in [1.807, 2.05) is 36.0 Å². The van der Waals surface area contributed by atoms with Gasteiger partial charge in [-0.15, -0.1) is 0 Å². The van der Waals surface area contributed by atoms with Crippen LogP contribution in [0, 0.1) is 19.8 Å². The van der Waals surface area contributed by atoms with E-state index in [1.54, 1.807) is 17.0 Å². The van der Waals surface area contributed by atoms with Gasteiger partial charge in [0.25, 0.3) is 5.91 Å². The van der Waals surface area contributed by atoms with Crippen molar-refractivity contribution in [3.05, 3.63) is 59.2 Å². The number of hydrogen-bond donors (Lipinski definition) is 0. The SMILES string of the molecule is Cc1ccc(N2CCN(C(=O)c3ccc(N4CC(C(=O)N5CC[C@H](N(C)C)C5)CC4=O)cc3)CC2)c(C)c1. The summed E-state index contributed by atoms with van der Waals surface area (Å²) in [6.07, 6.45) is 1.21. The number of aryl methyl sites for hydroxylation is 2. The minimum absolute atomic E-state index is 0.0158. The van der Waals surface area contributed by atoms with Gasteiger partial charge in [0, 0.05) is 75.2 Å². The molecule has 3 aliphatic heterocycles. The molecule has 0 bridgehead atoms. The van der Waals surface area contributed by atoms with Crippen LogP contribution in [0.15, 0.2) is 42.5 Å². The third-order valence-electron chi connectivity index (χ3n) is 8.37. The Bertz CT molecular complexity index is 1200. The lowest BCUT2D eigenvalue weighted by atomic mass is 10.1. The third-order valence-corrected chi connectivity index (χ3v) is 8.37. The van der Waals surface area contributed by atoms with Gasteiger partial charge in [0.05, 0.1) is 5.92 Å². The lowest BCUT2D eigenvalue weighted by molar-refractivity contribution is -0.134. The number of benzene rings is 2. The molecule has 0 saturated carbocycles. The monoisotopic (exact) mass is 517 g/mol. The Labute approximate surface area is 225 Å². The van der Waals surface area contributed by atoms with Gasteiger partial charge in [0.1, 0.15) is 0 Å². The number of anilines is 2. The van der Waals surface area contributed by atoms with E-state index in [0.29, 0.717) is 31.2 Å². The van der Waals surface area contributed by atoms with Crippen molar-refractivity contribution < 1.29 is 14.4 Å². The summed E-state index contributed by atoms with van der Waals surface area (Å²) in [6, 6.07) is 14.2. The molecule has 3 saturated heterocycles. The second-order valence-corrected chi connectivity index (χ2v) is 11.2. The lowest BCUT2D eigenvalue weighted by Gasteiger charge is -2.37. The van der Waals surface area contributed by atoms with Crippen molar-refractivity contribution in [2.45, 2.75) is 32.7 Å². The van der Waals surface area contributed by atoms with E-state index in [0.717, 1.165) is 38.3 Å². The average Bonchev–Trinajstić information content (AvgIpc) is 3.56. The Morgan fingerprint density at radius 1 is 0.868 bits per heavy atom. The smallest absolute Gasteiger partial charge is 0.253 e. The Morgan fingerprint density at radius 2 is 1.58 bits per heavy atom. The highest BCUT2D eigenvalue weighted by molar-refractivity contribution is 6.01. The number of amides is 3. The number of nitrogens with zero attached hydrogens (tertiary/aromatic N) is 5. The van der Waals surface area contributed by atoms with Crippen molar-refractivity contribution in [3.8, 4) is 0 Å². The van der Waals surface area contributed by atoms with E-state index in [-0.39, 0.29) is 30.1 Å². The zero-order valence-corrected chi connectivity index (χ0v) is 23.0. The van der Waals surface area contributed by atoms with Gasteiger partial charge < -0.3 is 24.5 Å². The normalized spacial score (nSPS) is 22.1. The number of carbonyl (C=O) groups excluding carboxylic acids is 3. The van der Waals surface area contributed by atoms with Crippen LogP contribution in [0.3, 0.4) is 0 Å². The van der Waals surface area contributed by atoms with Crippen LogP contribution in [0.2, 0.25) is 0 Å². The van der Waals surface area contributed by atoms with Gasteiger partial charge in [0.2, 0.25) is 11.8 Å². The molecule has 0 aliphatic carbocycles. The van der Waals surface area contributed by atoms with Crippen LogP contribution < -0.4 is 9.80 Å². The largest absolute Gasteiger partial charge is 0.368 e. The number of likely N-dealkylation sites (N-methyl/N-ethyl adjacent to an activating group) is 1. The summed E-state index contributed by atoms with van der Waals surface area (Å²) in [5.41, 5.74) is 5.13. The molecule has 8 nitrogen and oxygen atoms in total. The summed E-state index contributed by atoms with van der Waals surface area (Å²) >= 11 is 0. The number of piperazine rings is 1. The molecule has 2 aromatic carbocycles. The summed E-state index contributed by atoms with van der Waals surface area (Å²) in [4.78, 5) is 49.1. The maximum Gasteiger partial charge on any atom is 0.253 e. The predicted octanol–water partition coefficient (Wildman–Crippen LogP) is 2.78. The first kappa shape index (κ1) is 26.2. The quantitative estimate of drug-likeness (QED) is 0.610. The number of carbonyl (C=O) groups is 3. The third kappa shape index (κ3) is 5.27. The molecule has 3 amide bonds. The fourth-order valence-corrected chi connectivity index (χ4v) is 6.02. The van der Waals surface area contributed by atoms with Crippen LogP contribution in [-0.4, -0.2) is 98.4 Å². The van der Waals surface area contributed by atoms with Crippen LogP contribution in [0.4, 0.5) is 11.4 Å². The minimum atomic E-state index is -0.307. The molecule has 3 heterocycles. The van der Waals surface area contributed by atoms with Crippen LogP contribution in [0.1, 0.15) is 34.3 Å². The molecule has 0 spiro atoms. The molecule has 3 aliphatic rings. The number of likely N-dealkylation sites (tertiary alicyclic amines) is 1.